The van der Waals surface area contributed by atoms with Gasteiger partial charge in [-0.15, -0.1) is 0 Å². The monoisotopic (exact) mass is 409 g/mol. The third kappa shape index (κ3) is 9.23. The lowest BCUT2D eigenvalue weighted by Gasteiger charge is -2.09. The average molecular weight is 410 g/mol. The second-order valence-corrected chi connectivity index (χ2v) is 7.60. The summed E-state index contributed by atoms with van der Waals surface area (Å²) in [4.78, 5) is 24.3. The van der Waals surface area contributed by atoms with E-state index in [1.807, 2.05) is 30.3 Å². The number of carbonyl (C=O) groups is 2. The number of amides is 2. The van der Waals surface area contributed by atoms with Gasteiger partial charge in [-0.05, 0) is 36.2 Å². The lowest BCUT2D eigenvalue weighted by atomic mass is 10.1. The maximum Gasteiger partial charge on any atom is 0.265 e. The number of unbranched alkanes of at least 4 members (excludes halogenated alkanes) is 7. The summed E-state index contributed by atoms with van der Waals surface area (Å²) in [6.07, 6.45) is 10.2. The number of hydrogen-bond acceptors (Lipinski definition) is 3. The number of carbonyl (C=O) groups excluding carboxylic acids is 2. The molecule has 5 nitrogen and oxygen atoms in total. The predicted octanol–water partition coefficient (Wildman–Crippen LogP) is 4.99. The van der Waals surface area contributed by atoms with Gasteiger partial charge in [0.25, 0.3) is 11.8 Å². The first-order valence-electron chi connectivity index (χ1n) is 11.2. The van der Waals surface area contributed by atoms with Gasteiger partial charge in [0.2, 0.25) is 0 Å². The molecule has 0 fully saturated rings. The molecule has 0 atom stereocenters. The summed E-state index contributed by atoms with van der Waals surface area (Å²) < 4.78 is 0. The van der Waals surface area contributed by atoms with Gasteiger partial charge in [0.05, 0.1) is 0 Å². The molecule has 0 spiro atoms. The highest BCUT2D eigenvalue weighted by molar-refractivity contribution is 5.94. The molecule has 0 heterocycles. The SMILES string of the molecule is CCCCCCCCCCNNC(=O)c1ccc(CNC(=O)c2ccccc2)cc1. The highest BCUT2D eigenvalue weighted by Gasteiger charge is 2.06. The summed E-state index contributed by atoms with van der Waals surface area (Å²) in [5.41, 5.74) is 7.94. The van der Waals surface area contributed by atoms with Gasteiger partial charge < -0.3 is 5.32 Å². The smallest absolute Gasteiger partial charge is 0.265 e. The largest absolute Gasteiger partial charge is 0.348 e. The predicted molar refractivity (Wildman–Crippen MR) is 122 cm³/mol. The van der Waals surface area contributed by atoms with Crippen molar-refractivity contribution in [1.82, 2.24) is 16.2 Å². The Morgan fingerprint density at radius 3 is 1.97 bits per heavy atom. The van der Waals surface area contributed by atoms with Gasteiger partial charge in [-0.1, -0.05) is 82.2 Å². The molecule has 5 heteroatoms. The molecule has 0 aliphatic rings. The molecule has 162 valence electrons. The van der Waals surface area contributed by atoms with Crippen molar-refractivity contribution in [3.05, 3.63) is 71.3 Å². The molecule has 0 aliphatic heterocycles. The van der Waals surface area contributed by atoms with Gasteiger partial charge in [-0.25, -0.2) is 5.43 Å². The molecule has 0 unspecified atom stereocenters. The Morgan fingerprint density at radius 2 is 1.30 bits per heavy atom. The number of hydrogen-bond donors (Lipinski definition) is 3. The van der Waals surface area contributed by atoms with Crippen LogP contribution in [0.2, 0.25) is 0 Å². The van der Waals surface area contributed by atoms with E-state index in [2.05, 4.69) is 23.1 Å². The van der Waals surface area contributed by atoms with Crippen LogP contribution in [0.4, 0.5) is 0 Å². The zero-order chi connectivity index (χ0) is 21.4. The topological polar surface area (TPSA) is 70.2 Å². The molecule has 0 saturated carbocycles. The van der Waals surface area contributed by atoms with E-state index >= 15 is 0 Å². The first-order valence-corrected chi connectivity index (χ1v) is 11.2. The maximum absolute atomic E-state index is 12.2. The second kappa shape index (κ2) is 14.3. The zero-order valence-corrected chi connectivity index (χ0v) is 18.1. The molecule has 0 bridgehead atoms. The molecular weight excluding hydrogens is 374 g/mol. The second-order valence-electron chi connectivity index (χ2n) is 7.60. The van der Waals surface area contributed by atoms with E-state index in [0.717, 1.165) is 18.5 Å². The minimum Gasteiger partial charge on any atom is -0.348 e. The van der Waals surface area contributed by atoms with Crippen molar-refractivity contribution in [2.75, 3.05) is 6.54 Å². The Bertz CT molecular complexity index is 745. The Morgan fingerprint density at radius 1 is 0.700 bits per heavy atom. The summed E-state index contributed by atoms with van der Waals surface area (Å²) >= 11 is 0. The van der Waals surface area contributed by atoms with E-state index < -0.39 is 0 Å². The van der Waals surface area contributed by atoms with E-state index in [1.54, 1.807) is 24.3 Å². The van der Waals surface area contributed by atoms with Crippen LogP contribution in [0.15, 0.2) is 54.6 Å². The third-order valence-electron chi connectivity index (χ3n) is 5.06. The summed E-state index contributed by atoms with van der Waals surface area (Å²) in [5.74, 6) is -0.253. The van der Waals surface area contributed by atoms with Crippen LogP contribution < -0.4 is 16.2 Å². The minimum atomic E-state index is -0.144. The quantitative estimate of drug-likeness (QED) is 0.304. The van der Waals surface area contributed by atoms with E-state index in [9.17, 15) is 9.59 Å². The Labute approximate surface area is 180 Å². The van der Waals surface area contributed by atoms with E-state index in [-0.39, 0.29) is 11.8 Å². The van der Waals surface area contributed by atoms with Crippen LogP contribution in [0, 0.1) is 0 Å². The van der Waals surface area contributed by atoms with Crippen molar-refractivity contribution < 1.29 is 9.59 Å². The normalized spacial score (nSPS) is 10.6. The number of benzene rings is 2. The maximum atomic E-state index is 12.2. The number of rotatable bonds is 14. The highest BCUT2D eigenvalue weighted by atomic mass is 16.2. The van der Waals surface area contributed by atoms with Crippen molar-refractivity contribution in [2.24, 2.45) is 0 Å². The van der Waals surface area contributed by atoms with E-state index in [4.69, 9.17) is 0 Å². The molecule has 3 N–H and O–H groups in total. The molecular formula is C25H35N3O2. The first-order chi connectivity index (χ1) is 14.7. The van der Waals surface area contributed by atoms with Crippen LogP contribution >= 0.6 is 0 Å². The van der Waals surface area contributed by atoms with Crippen molar-refractivity contribution >= 4 is 11.8 Å². The lowest BCUT2D eigenvalue weighted by Crippen LogP contribution is -2.37. The molecule has 2 aromatic carbocycles. The third-order valence-corrected chi connectivity index (χ3v) is 5.06. The molecule has 2 rings (SSSR count). The van der Waals surface area contributed by atoms with Gasteiger partial charge in [0.1, 0.15) is 0 Å². The van der Waals surface area contributed by atoms with Crippen LogP contribution in [0.3, 0.4) is 0 Å². The van der Waals surface area contributed by atoms with E-state index in [0.29, 0.717) is 17.7 Å². The lowest BCUT2D eigenvalue weighted by molar-refractivity contribution is 0.0929. The highest BCUT2D eigenvalue weighted by Crippen LogP contribution is 2.08. The first kappa shape index (κ1) is 23.6. The van der Waals surface area contributed by atoms with Gasteiger partial charge in [0, 0.05) is 24.2 Å². The van der Waals surface area contributed by atoms with E-state index in [1.165, 1.54) is 44.9 Å². The molecule has 2 amide bonds. The van der Waals surface area contributed by atoms with Gasteiger partial charge >= 0.3 is 0 Å². The van der Waals surface area contributed by atoms with Gasteiger partial charge in [0.15, 0.2) is 0 Å². The van der Waals surface area contributed by atoms with Crippen molar-refractivity contribution in [2.45, 2.75) is 64.8 Å². The van der Waals surface area contributed by atoms with Gasteiger partial charge in [-0.3, -0.25) is 15.0 Å². The molecule has 0 aliphatic carbocycles. The summed E-state index contributed by atoms with van der Waals surface area (Å²) in [6, 6.07) is 16.4. The zero-order valence-electron chi connectivity index (χ0n) is 18.1. The van der Waals surface area contributed by atoms with Crippen LogP contribution in [0.1, 0.15) is 84.6 Å². The van der Waals surface area contributed by atoms with Crippen LogP contribution in [0.25, 0.3) is 0 Å². The molecule has 0 saturated heterocycles. The summed E-state index contributed by atoms with van der Waals surface area (Å²) in [6.45, 7) is 3.44. The van der Waals surface area contributed by atoms with Gasteiger partial charge in [-0.2, -0.15) is 0 Å². The Balaban J connectivity index is 1.59. The van der Waals surface area contributed by atoms with Crippen molar-refractivity contribution in [1.29, 1.82) is 0 Å². The van der Waals surface area contributed by atoms with Crippen LogP contribution in [-0.2, 0) is 6.54 Å². The minimum absolute atomic E-state index is 0.109. The molecule has 0 radical (unpaired) electrons. The van der Waals surface area contributed by atoms with Crippen molar-refractivity contribution in [3.8, 4) is 0 Å². The molecule has 0 aromatic heterocycles. The summed E-state index contributed by atoms with van der Waals surface area (Å²) in [5, 5.41) is 2.88. The van der Waals surface area contributed by atoms with Crippen LogP contribution in [0.5, 0.6) is 0 Å². The summed E-state index contributed by atoms with van der Waals surface area (Å²) in [7, 11) is 0. The fourth-order valence-corrected chi connectivity index (χ4v) is 3.21. The number of hydrazine groups is 1. The number of nitrogens with one attached hydrogen (secondary N) is 3. The fourth-order valence-electron chi connectivity index (χ4n) is 3.21. The molecule has 2 aromatic rings. The van der Waals surface area contributed by atoms with Crippen molar-refractivity contribution in [3.63, 3.8) is 0 Å². The average Bonchev–Trinajstić information content (AvgIpc) is 2.79. The Hall–Kier alpha value is -2.66. The molecule has 30 heavy (non-hydrogen) atoms. The Kier molecular flexibility index (Phi) is 11.3. The fraction of sp³-hybridized carbons (Fsp3) is 0.440. The van der Waals surface area contributed by atoms with Crippen LogP contribution in [-0.4, -0.2) is 18.4 Å². The standard InChI is InChI=1S/C25H35N3O2/c1-2-3-4-5-6-7-8-12-19-27-28-25(30)23-17-15-21(16-18-23)20-26-24(29)22-13-10-9-11-14-22/h9-11,13-18,27H,2-8,12,19-20H2,1H3,(H,26,29)(H,28,30).